The Morgan fingerprint density at radius 3 is 2.68 bits per heavy atom. The normalized spacial score (nSPS) is 16.8. The second-order valence-electron chi connectivity index (χ2n) is 6.42. The lowest BCUT2D eigenvalue weighted by atomic mass is 9.99. The number of piperidine rings is 1. The maximum Gasteiger partial charge on any atom is 0.235 e. The Bertz CT molecular complexity index is 757. The number of amides is 1. The third-order valence-corrected chi connectivity index (χ3v) is 6.24. The number of nitrogens with zero attached hydrogens (tertiary/aromatic N) is 4. The second kappa shape index (κ2) is 7.78. The van der Waals surface area contributed by atoms with Gasteiger partial charge in [0.05, 0.1) is 5.25 Å². The van der Waals surface area contributed by atoms with Gasteiger partial charge in [-0.15, -0.1) is 10.2 Å². The van der Waals surface area contributed by atoms with Gasteiger partial charge < -0.3 is 10.7 Å². The van der Waals surface area contributed by atoms with Crippen molar-refractivity contribution in [2.75, 3.05) is 18.9 Å². The Hall–Kier alpha value is -1.54. The van der Waals surface area contributed by atoms with Gasteiger partial charge in [0.1, 0.15) is 0 Å². The molecule has 1 amide bonds. The van der Waals surface area contributed by atoms with Crippen LogP contribution in [0.5, 0.6) is 0 Å². The number of aromatic nitrogens is 3. The Balaban J connectivity index is 1.71. The van der Waals surface area contributed by atoms with Gasteiger partial charge >= 0.3 is 0 Å². The average molecular weight is 424 g/mol. The number of rotatable bonds is 4. The predicted octanol–water partition coefficient (Wildman–Crippen LogP) is 3.16. The molecule has 6 nitrogen and oxygen atoms in total. The van der Waals surface area contributed by atoms with Crippen molar-refractivity contribution in [3.63, 3.8) is 0 Å². The summed E-state index contributed by atoms with van der Waals surface area (Å²) in [5.74, 6) is 7.59. The van der Waals surface area contributed by atoms with E-state index in [0.29, 0.717) is 16.9 Å². The minimum atomic E-state index is -0.244. The molecule has 1 unspecified atom stereocenters. The molecular weight excluding hydrogens is 402 g/mol. The van der Waals surface area contributed by atoms with Crippen molar-refractivity contribution in [1.82, 2.24) is 19.8 Å². The lowest BCUT2D eigenvalue weighted by Gasteiger charge is -2.31. The molecule has 1 aliphatic rings. The van der Waals surface area contributed by atoms with E-state index in [0.717, 1.165) is 36.0 Å². The number of likely N-dealkylation sites (tertiary alicyclic amines) is 1. The van der Waals surface area contributed by atoms with E-state index < -0.39 is 0 Å². The van der Waals surface area contributed by atoms with Crippen LogP contribution in [0, 0.1) is 5.92 Å². The van der Waals surface area contributed by atoms with E-state index in [1.807, 2.05) is 36.1 Å². The van der Waals surface area contributed by atoms with Gasteiger partial charge in [-0.2, -0.15) is 0 Å². The fourth-order valence-electron chi connectivity index (χ4n) is 2.88. The minimum Gasteiger partial charge on any atom is -0.342 e. The molecule has 1 saturated heterocycles. The number of nitrogen functional groups attached to an aromatic ring is 1. The van der Waals surface area contributed by atoms with Crippen molar-refractivity contribution in [1.29, 1.82) is 0 Å². The van der Waals surface area contributed by atoms with Crippen LogP contribution in [0.4, 0.5) is 0 Å². The molecule has 1 aromatic heterocycles. The third kappa shape index (κ3) is 4.00. The number of nitrogens with two attached hydrogens (primary N) is 1. The van der Waals surface area contributed by atoms with Crippen LogP contribution in [0.1, 0.15) is 26.7 Å². The number of thioether (sulfide) groups is 1. The summed E-state index contributed by atoms with van der Waals surface area (Å²) in [6.07, 6.45) is 2.14. The van der Waals surface area contributed by atoms with Crippen molar-refractivity contribution in [2.24, 2.45) is 5.92 Å². The number of hydrogen-bond acceptors (Lipinski definition) is 5. The van der Waals surface area contributed by atoms with Gasteiger partial charge in [-0.3, -0.25) is 4.79 Å². The summed E-state index contributed by atoms with van der Waals surface area (Å²) in [4.78, 5) is 14.6. The maximum atomic E-state index is 12.7. The van der Waals surface area contributed by atoms with Gasteiger partial charge in [-0.1, -0.05) is 46.7 Å². The van der Waals surface area contributed by atoms with Crippen molar-refractivity contribution in [3.05, 3.63) is 28.7 Å². The molecule has 1 aromatic carbocycles. The van der Waals surface area contributed by atoms with Gasteiger partial charge in [-0.25, -0.2) is 4.68 Å². The molecule has 0 saturated carbocycles. The molecule has 2 N–H and O–H groups in total. The van der Waals surface area contributed by atoms with E-state index in [1.165, 1.54) is 16.4 Å². The highest BCUT2D eigenvalue weighted by Crippen LogP contribution is 2.30. The van der Waals surface area contributed by atoms with Gasteiger partial charge in [0.2, 0.25) is 11.1 Å². The predicted molar refractivity (Wildman–Crippen MR) is 104 cm³/mol. The molecule has 0 radical (unpaired) electrons. The molecule has 2 heterocycles. The highest BCUT2D eigenvalue weighted by atomic mass is 79.9. The number of carbonyl (C=O) groups is 1. The van der Waals surface area contributed by atoms with Crippen LogP contribution in [0.15, 0.2) is 33.9 Å². The topological polar surface area (TPSA) is 77.0 Å². The highest BCUT2D eigenvalue weighted by Gasteiger charge is 2.27. The molecule has 25 heavy (non-hydrogen) atoms. The summed E-state index contributed by atoms with van der Waals surface area (Å²) in [6.45, 7) is 5.81. The van der Waals surface area contributed by atoms with Crippen LogP contribution in [0.2, 0.25) is 0 Å². The van der Waals surface area contributed by atoms with Crippen LogP contribution in [0.3, 0.4) is 0 Å². The summed E-state index contributed by atoms with van der Waals surface area (Å²) in [6, 6.07) is 7.71. The first-order valence-corrected chi connectivity index (χ1v) is 10.1. The van der Waals surface area contributed by atoms with Crippen molar-refractivity contribution < 1.29 is 4.79 Å². The van der Waals surface area contributed by atoms with Crippen LogP contribution in [0.25, 0.3) is 11.4 Å². The fourth-order valence-corrected chi connectivity index (χ4v) is 4.19. The van der Waals surface area contributed by atoms with Crippen LogP contribution in [-0.4, -0.2) is 44.0 Å². The highest BCUT2D eigenvalue weighted by molar-refractivity contribution is 9.10. The summed E-state index contributed by atoms with van der Waals surface area (Å²) in [5, 5.41) is 8.66. The largest absolute Gasteiger partial charge is 0.342 e. The van der Waals surface area contributed by atoms with E-state index in [-0.39, 0.29) is 11.2 Å². The Morgan fingerprint density at radius 1 is 1.32 bits per heavy atom. The first-order valence-electron chi connectivity index (χ1n) is 8.38. The molecule has 1 fully saturated rings. The summed E-state index contributed by atoms with van der Waals surface area (Å²) < 4.78 is 2.35. The zero-order valence-electron chi connectivity index (χ0n) is 14.4. The first kappa shape index (κ1) is 18.3. The number of carbonyl (C=O) groups excluding carboxylic acids is 1. The smallest absolute Gasteiger partial charge is 0.235 e. The van der Waals surface area contributed by atoms with E-state index in [4.69, 9.17) is 5.84 Å². The molecule has 1 aliphatic heterocycles. The number of halogens is 1. The SMILES string of the molecule is CC1CCN(C(=O)C(C)Sc2nnc(-c3ccccc3Br)n2N)CC1. The lowest BCUT2D eigenvalue weighted by Crippen LogP contribution is -2.41. The zero-order valence-corrected chi connectivity index (χ0v) is 16.8. The van der Waals surface area contributed by atoms with E-state index in [9.17, 15) is 4.79 Å². The van der Waals surface area contributed by atoms with Crippen LogP contribution >= 0.6 is 27.7 Å². The quantitative estimate of drug-likeness (QED) is 0.603. The van der Waals surface area contributed by atoms with Crippen molar-refractivity contribution in [3.8, 4) is 11.4 Å². The zero-order chi connectivity index (χ0) is 18.0. The summed E-state index contributed by atoms with van der Waals surface area (Å²) in [5.41, 5.74) is 0.869. The molecule has 1 atom stereocenters. The average Bonchev–Trinajstić information content (AvgIpc) is 2.96. The Morgan fingerprint density at radius 2 is 2.00 bits per heavy atom. The van der Waals surface area contributed by atoms with Crippen LogP contribution < -0.4 is 5.84 Å². The molecule has 2 aromatic rings. The molecule has 0 bridgehead atoms. The standard InChI is InChI=1S/C17H22BrN5OS/c1-11-7-9-22(10-8-11)16(24)12(2)25-17-21-20-15(23(17)19)13-5-3-4-6-14(13)18/h3-6,11-12H,7-10,19H2,1-2H3. The maximum absolute atomic E-state index is 12.7. The van der Waals surface area contributed by atoms with Gasteiger partial charge in [0.25, 0.3) is 0 Å². The lowest BCUT2D eigenvalue weighted by molar-refractivity contribution is -0.131. The fraction of sp³-hybridized carbons (Fsp3) is 0.471. The van der Waals surface area contributed by atoms with Gasteiger partial charge in [0, 0.05) is 23.1 Å². The Labute approximate surface area is 160 Å². The summed E-state index contributed by atoms with van der Waals surface area (Å²) in [7, 11) is 0. The molecule has 0 aliphatic carbocycles. The first-order chi connectivity index (χ1) is 12.0. The van der Waals surface area contributed by atoms with E-state index in [1.54, 1.807) is 0 Å². The number of benzene rings is 1. The van der Waals surface area contributed by atoms with Crippen LogP contribution in [-0.2, 0) is 4.79 Å². The van der Waals surface area contributed by atoms with E-state index in [2.05, 4.69) is 33.1 Å². The molecule has 3 rings (SSSR count). The number of hydrogen-bond donors (Lipinski definition) is 1. The molecular formula is C17H22BrN5OS. The van der Waals surface area contributed by atoms with Crippen molar-refractivity contribution in [2.45, 2.75) is 37.1 Å². The monoisotopic (exact) mass is 423 g/mol. The van der Waals surface area contributed by atoms with Gasteiger partial charge in [-0.05, 0) is 37.8 Å². The van der Waals surface area contributed by atoms with Gasteiger partial charge in [0.15, 0.2) is 5.82 Å². The molecule has 8 heteroatoms. The molecule has 134 valence electrons. The second-order valence-corrected chi connectivity index (χ2v) is 8.59. The molecule has 0 spiro atoms. The Kier molecular flexibility index (Phi) is 5.68. The van der Waals surface area contributed by atoms with E-state index >= 15 is 0 Å². The minimum absolute atomic E-state index is 0.141. The van der Waals surface area contributed by atoms with Crippen molar-refractivity contribution >= 4 is 33.6 Å². The third-order valence-electron chi connectivity index (χ3n) is 4.50. The summed E-state index contributed by atoms with van der Waals surface area (Å²) >= 11 is 4.86.